The molecular formula is C23H30O6. The molecule has 0 saturated heterocycles. The lowest BCUT2D eigenvalue weighted by Gasteiger charge is -2.20. The highest BCUT2D eigenvalue weighted by Crippen LogP contribution is 2.48. The Hall–Kier alpha value is -3.02. The van der Waals surface area contributed by atoms with Crippen LogP contribution in [0, 0.1) is 5.92 Å². The molecule has 3 rings (SSSR count). The Kier molecular flexibility index (Phi) is 6.90. The molecule has 1 atom stereocenters. The molecular weight excluding hydrogens is 372 g/mol. The predicted molar refractivity (Wildman–Crippen MR) is 114 cm³/mol. The molecule has 0 spiro atoms. The van der Waals surface area contributed by atoms with Crippen LogP contribution in [0.25, 0.3) is 5.57 Å². The van der Waals surface area contributed by atoms with Gasteiger partial charge in [0.25, 0.3) is 0 Å². The summed E-state index contributed by atoms with van der Waals surface area (Å²) in [6, 6.07) is 5.10. The van der Waals surface area contributed by atoms with Crippen LogP contribution in [0.15, 0.2) is 24.3 Å². The Morgan fingerprint density at radius 2 is 1.41 bits per heavy atom. The van der Waals surface area contributed by atoms with Crippen LogP contribution in [-0.2, 0) is 6.42 Å². The summed E-state index contributed by atoms with van der Waals surface area (Å²) in [5.74, 6) is 1.84. The van der Waals surface area contributed by atoms with Gasteiger partial charge in [-0.3, -0.25) is 0 Å². The third kappa shape index (κ3) is 3.92. The van der Waals surface area contributed by atoms with E-state index in [9.17, 15) is 10.2 Å². The molecule has 6 heteroatoms. The van der Waals surface area contributed by atoms with Crippen LogP contribution >= 0.6 is 0 Å². The minimum absolute atomic E-state index is 0. The lowest BCUT2D eigenvalue weighted by molar-refractivity contribution is 0.321. The third-order valence-corrected chi connectivity index (χ3v) is 5.09. The Morgan fingerprint density at radius 3 is 1.93 bits per heavy atom. The maximum atomic E-state index is 10.3. The van der Waals surface area contributed by atoms with Gasteiger partial charge in [0.15, 0.2) is 23.0 Å². The first kappa shape index (κ1) is 22.3. The lowest BCUT2D eigenvalue weighted by atomic mass is 9.92. The van der Waals surface area contributed by atoms with Gasteiger partial charge in [-0.05, 0) is 53.7 Å². The molecule has 29 heavy (non-hydrogen) atoms. The fourth-order valence-electron chi connectivity index (χ4n) is 3.75. The second-order valence-corrected chi connectivity index (χ2v) is 6.82. The Morgan fingerprint density at radius 1 is 0.828 bits per heavy atom. The van der Waals surface area contributed by atoms with E-state index in [0.29, 0.717) is 22.8 Å². The minimum atomic E-state index is -0.121. The molecule has 1 aliphatic rings. The summed E-state index contributed by atoms with van der Waals surface area (Å²) < 4.78 is 21.8. The summed E-state index contributed by atoms with van der Waals surface area (Å²) in [5, 5.41) is 20.6. The summed E-state index contributed by atoms with van der Waals surface area (Å²) >= 11 is 0. The Balaban J connectivity index is 0.00000300. The maximum absolute atomic E-state index is 10.3. The van der Waals surface area contributed by atoms with Crippen molar-refractivity contribution >= 4 is 5.57 Å². The van der Waals surface area contributed by atoms with E-state index in [4.69, 9.17) is 18.9 Å². The molecule has 0 amide bonds. The number of allylic oxidation sites excluding steroid dienone is 1. The third-order valence-electron chi connectivity index (χ3n) is 5.09. The molecule has 6 nitrogen and oxygen atoms in total. The van der Waals surface area contributed by atoms with E-state index < -0.39 is 0 Å². The normalized spacial score (nSPS) is 15.3. The lowest BCUT2D eigenvalue weighted by Crippen LogP contribution is -2.03. The number of ether oxygens (including phenoxy) is 4. The number of hydrogen-bond donors (Lipinski definition) is 2. The second kappa shape index (κ2) is 8.99. The summed E-state index contributed by atoms with van der Waals surface area (Å²) in [4.78, 5) is 0. The summed E-state index contributed by atoms with van der Waals surface area (Å²) in [6.45, 7) is 2.13. The van der Waals surface area contributed by atoms with E-state index in [0.717, 1.165) is 29.5 Å². The monoisotopic (exact) mass is 402 g/mol. The number of benzene rings is 2. The molecule has 0 saturated carbocycles. The molecule has 2 aromatic rings. The van der Waals surface area contributed by atoms with Crippen molar-refractivity contribution < 1.29 is 29.2 Å². The Bertz CT molecular complexity index is 893. The van der Waals surface area contributed by atoms with Crippen LogP contribution in [0.4, 0.5) is 0 Å². The van der Waals surface area contributed by atoms with Gasteiger partial charge in [-0.2, -0.15) is 0 Å². The SMILES string of the molecule is C.COc1cc2c(c(OC)c1OC)CCC(C)C=C2c1cc(O)c(OC)c(O)c1. The van der Waals surface area contributed by atoms with Gasteiger partial charge >= 0.3 is 0 Å². The van der Waals surface area contributed by atoms with E-state index in [1.807, 2.05) is 6.07 Å². The minimum Gasteiger partial charge on any atom is -0.504 e. The fraction of sp³-hybridized carbons (Fsp3) is 0.391. The van der Waals surface area contributed by atoms with Crippen molar-refractivity contribution in [2.24, 2.45) is 5.92 Å². The number of phenolic OH excluding ortho intramolecular Hbond substituents is 2. The van der Waals surface area contributed by atoms with Gasteiger partial charge in [-0.15, -0.1) is 0 Å². The average Bonchev–Trinajstić information content (AvgIpc) is 2.85. The van der Waals surface area contributed by atoms with Crippen molar-refractivity contribution in [1.82, 2.24) is 0 Å². The Labute approximate surface area is 172 Å². The number of fused-ring (bicyclic) bond motifs is 1. The molecule has 158 valence electrons. The largest absolute Gasteiger partial charge is 0.504 e. The average molecular weight is 402 g/mol. The quantitative estimate of drug-likeness (QED) is 0.749. The molecule has 1 aliphatic carbocycles. The summed E-state index contributed by atoms with van der Waals surface area (Å²) in [5.41, 5.74) is 3.49. The van der Waals surface area contributed by atoms with Gasteiger partial charge in [0, 0.05) is 5.56 Å². The predicted octanol–water partition coefficient (Wildman–Crippen LogP) is 4.78. The maximum Gasteiger partial charge on any atom is 0.203 e. The number of rotatable bonds is 5. The zero-order valence-corrected chi connectivity index (χ0v) is 16.8. The van der Waals surface area contributed by atoms with E-state index in [1.165, 1.54) is 7.11 Å². The molecule has 2 aromatic carbocycles. The number of phenols is 2. The van der Waals surface area contributed by atoms with E-state index in [1.54, 1.807) is 33.5 Å². The fourth-order valence-corrected chi connectivity index (χ4v) is 3.75. The van der Waals surface area contributed by atoms with E-state index in [-0.39, 0.29) is 30.6 Å². The van der Waals surface area contributed by atoms with Crippen LogP contribution in [0.1, 0.15) is 37.5 Å². The van der Waals surface area contributed by atoms with Crippen molar-refractivity contribution in [3.05, 3.63) is 41.0 Å². The first-order chi connectivity index (χ1) is 13.4. The first-order valence-electron chi connectivity index (χ1n) is 9.09. The van der Waals surface area contributed by atoms with E-state index >= 15 is 0 Å². The number of hydrogen-bond acceptors (Lipinski definition) is 6. The van der Waals surface area contributed by atoms with Gasteiger partial charge in [-0.25, -0.2) is 0 Å². The second-order valence-electron chi connectivity index (χ2n) is 6.82. The highest BCUT2D eigenvalue weighted by Gasteiger charge is 2.26. The van der Waals surface area contributed by atoms with Crippen LogP contribution in [-0.4, -0.2) is 38.7 Å². The zero-order valence-electron chi connectivity index (χ0n) is 16.8. The van der Waals surface area contributed by atoms with Gasteiger partial charge < -0.3 is 29.2 Å². The van der Waals surface area contributed by atoms with Gasteiger partial charge in [0.2, 0.25) is 11.5 Å². The van der Waals surface area contributed by atoms with Crippen molar-refractivity contribution in [3.8, 4) is 34.5 Å². The van der Waals surface area contributed by atoms with Crippen molar-refractivity contribution in [2.45, 2.75) is 27.2 Å². The molecule has 0 bridgehead atoms. The van der Waals surface area contributed by atoms with Crippen LogP contribution < -0.4 is 18.9 Å². The van der Waals surface area contributed by atoms with Crippen LogP contribution in [0.2, 0.25) is 0 Å². The first-order valence-corrected chi connectivity index (χ1v) is 9.09. The molecule has 0 radical (unpaired) electrons. The summed E-state index contributed by atoms with van der Waals surface area (Å²) in [6.07, 6.45) is 3.86. The number of methoxy groups -OCH3 is 4. The van der Waals surface area contributed by atoms with Crippen molar-refractivity contribution in [2.75, 3.05) is 28.4 Å². The van der Waals surface area contributed by atoms with Gasteiger partial charge in [0.05, 0.1) is 28.4 Å². The van der Waals surface area contributed by atoms with Crippen molar-refractivity contribution in [3.63, 3.8) is 0 Å². The number of aromatic hydroxyl groups is 2. The topological polar surface area (TPSA) is 77.4 Å². The molecule has 0 aromatic heterocycles. The highest BCUT2D eigenvalue weighted by atomic mass is 16.5. The highest BCUT2D eigenvalue weighted by molar-refractivity contribution is 5.86. The molecule has 0 fully saturated rings. The zero-order chi connectivity index (χ0) is 20.4. The molecule has 1 unspecified atom stereocenters. The van der Waals surface area contributed by atoms with Crippen LogP contribution in [0.5, 0.6) is 34.5 Å². The van der Waals surface area contributed by atoms with Gasteiger partial charge in [0.1, 0.15) is 0 Å². The molecule has 2 N–H and O–H groups in total. The standard InChI is InChI=1S/C22H26O6.CH4/c1-12-6-7-14-16(11-19(25-2)22(28-5)20(14)26-3)15(8-12)13-9-17(23)21(27-4)18(24)10-13;/h8-12,23-24H,6-7H2,1-5H3;1H4. The summed E-state index contributed by atoms with van der Waals surface area (Å²) in [7, 11) is 6.18. The molecule has 0 heterocycles. The smallest absolute Gasteiger partial charge is 0.203 e. The van der Waals surface area contributed by atoms with Gasteiger partial charge in [-0.1, -0.05) is 20.4 Å². The molecule has 0 aliphatic heterocycles. The van der Waals surface area contributed by atoms with Crippen molar-refractivity contribution in [1.29, 1.82) is 0 Å². The van der Waals surface area contributed by atoms with Crippen LogP contribution in [0.3, 0.4) is 0 Å². The van der Waals surface area contributed by atoms with E-state index in [2.05, 4.69) is 13.0 Å².